The molecule has 1 aliphatic heterocycles. The molecule has 9 heteroatoms. The maximum absolute atomic E-state index is 13.2. The number of alkyl halides is 3. The maximum Gasteiger partial charge on any atom is 0.416 e. The Kier molecular flexibility index (Phi) is 5.08. The summed E-state index contributed by atoms with van der Waals surface area (Å²) in [5.74, 6) is -1.18. The van der Waals surface area contributed by atoms with E-state index in [1.54, 1.807) is 0 Å². The summed E-state index contributed by atoms with van der Waals surface area (Å²) in [5.41, 5.74) is -0.160. The van der Waals surface area contributed by atoms with Crippen LogP contribution in [0.15, 0.2) is 59.8 Å². The summed E-state index contributed by atoms with van der Waals surface area (Å²) >= 11 is 0. The van der Waals surface area contributed by atoms with Crippen molar-refractivity contribution in [3.05, 3.63) is 76.7 Å². The fourth-order valence-corrected chi connectivity index (χ4v) is 2.87. The third kappa shape index (κ3) is 4.13. The Morgan fingerprint density at radius 1 is 1.11 bits per heavy atom. The van der Waals surface area contributed by atoms with E-state index in [0.717, 1.165) is 12.1 Å². The maximum atomic E-state index is 13.2. The number of nitrogens with one attached hydrogen (secondary N) is 3. The van der Waals surface area contributed by atoms with Crippen LogP contribution in [0.2, 0.25) is 0 Å². The highest BCUT2D eigenvalue weighted by Gasteiger charge is 2.33. The van der Waals surface area contributed by atoms with Crippen molar-refractivity contribution in [3.8, 4) is 0 Å². The molecule has 5 nitrogen and oxygen atoms in total. The van der Waals surface area contributed by atoms with Gasteiger partial charge >= 0.3 is 12.2 Å². The van der Waals surface area contributed by atoms with Gasteiger partial charge in [-0.1, -0.05) is 18.2 Å². The molecular weight excluding hydrogens is 378 g/mol. The molecule has 0 saturated heterocycles. The average Bonchev–Trinajstić information content (AvgIpc) is 2.61. The Labute approximate surface area is 157 Å². The van der Waals surface area contributed by atoms with Gasteiger partial charge in [-0.2, -0.15) is 13.2 Å². The Morgan fingerprint density at radius 3 is 2.43 bits per heavy atom. The molecule has 0 radical (unpaired) electrons. The van der Waals surface area contributed by atoms with Crippen LogP contribution in [0.1, 0.15) is 24.1 Å². The lowest BCUT2D eigenvalue weighted by atomic mass is 9.95. The van der Waals surface area contributed by atoms with Gasteiger partial charge in [0.05, 0.1) is 17.2 Å². The SMILES string of the molecule is CC1=C(C(=O)Nc2cccc(C(F)(F)F)c2)C(c2ccc(F)cc2)NC(=O)N1. The Balaban J connectivity index is 1.92. The number of amides is 3. The van der Waals surface area contributed by atoms with Gasteiger partial charge in [0.2, 0.25) is 0 Å². The molecule has 2 aromatic carbocycles. The van der Waals surface area contributed by atoms with E-state index in [9.17, 15) is 27.2 Å². The quantitative estimate of drug-likeness (QED) is 0.687. The number of rotatable bonds is 3. The van der Waals surface area contributed by atoms with Gasteiger partial charge < -0.3 is 16.0 Å². The highest BCUT2D eigenvalue weighted by Crippen LogP contribution is 2.32. The van der Waals surface area contributed by atoms with E-state index in [4.69, 9.17) is 0 Å². The number of carbonyl (C=O) groups is 2. The summed E-state index contributed by atoms with van der Waals surface area (Å²) in [6.45, 7) is 1.50. The summed E-state index contributed by atoms with van der Waals surface area (Å²) in [5, 5.41) is 7.44. The zero-order valence-electron chi connectivity index (χ0n) is 14.5. The van der Waals surface area contributed by atoms with Gasteiger partial charge in [0.25, 0.3) is 5.91 Å². The number of halogens is 4. The van der Waals surface area contributed by atoms with Crippen molar-refractivity contribution < 1.29 is 27.2 Å². The van der Waals surface area contributed by atoms with Gasteiger partial charge in [0, 0.05) is 11.4 Å². The van der Waals surface area contributed by atoms with Crippen molar-refractivity contribution in [2.45, 2.75) is 19.1 Å². The molecule has 1 atom stereocenters. The number of urea groups is 1. The van der Waals surface area contributed by atoms with E-state index in [1.807, 2.05) is 0 Å². The first-order chi connectivity index (χ1) is 13.1. The number of hydrogen-bond acceptors (Lipinski definition) is 2. The predicted molar refractivity (Wildman–Crippen MR) is 93.6 cm³/mol. The minimum atomic E-state index is -4.55. The van der Waals surface area contributed by atoms with Crippen LogP contribution in [0.4, 0.5) is 28.0 Å². The predicted octanol–water partition coefficient (Wildman–Crippen LogP) is 4.11. The summed E-state index contributed by atoms with van der Waals surface area (Å²) in [6.07, 6.45) is -4.55. The fraction of sp³-hybridized carbons (Fsp3) is 0.158. The molecule has 146 valence electrons. The Bertz CT molecular complexity index is 952. The van der Waals surface area contributed by atoms with E-state index in [1.165, 1.54) is 43.3 Å². The van der Waals surface area contributed by atoms with E-state index in [2.05, 4.69) is 16.0 Å². The second kappa shape index (κ2) is 7.34. The molecular formula is C19H15F4N3O2. The van der Waals surface area contributed by atoms with Crippen LogP contribution in [0.5, 0.6) is 0 Å². The largest absolute Gasteiger partial charge is 0.416 e. The van der Waals surface area contributed by atoms with E-state index < -0.39 is 35.5 Å². The molecule has 1 unspecified atom stereocenters. The molecule has 0 fully saturated rings. The number of benzene rings is 2. The monoisotopic (exact) mass is 393 g/mol. The number of allylic oxidation sites excluding steroid dienone is 1. The third-order valence-electron chi connectivity index (χ3n) is 4.16. The van der Waals surface area contributed by atoms with Crippen LogP contribution >= 0.6 is 0 Å². The third-order valence-corrected chi connectivity index (χ3v) is 4.16. The van der Waals surface area contributed by atoms with E-state index in [-0.39, 0.29) is 17.0 Å². The topological polar surface area (TPSA) is 70.2 Å². The molecule has 3 amide bonds. The van der Waals surface area contributed by atoms with Crippen molar-refractivity contribution in [1.29, 1.82) is 0 Å². The average molecular weight is 393 g/mol. The van der Waals surface area contributed by atoms with Gasteiger partial charge in [-0.25, -0.2) is 9.18 Å². The number of hydrogen-bond donors (Lipinski definition) is 3. The molecule has 0 saturated carbocycles. The van der Waals surface area contributed by atoms with Crippen molar-refractivity contribution in [1.82, 2.24) is 10.6 Å². The first kappa shape index (κ1) is 19.4. The first-order valence-corrected chi connectivity index (χ1v) is 8.17. The van der Waals surface area contributed by atoms with Crippen molar-refractivity contribution in [2.24, 2.45) is 0 Å². The zero-order chi connectivity index (χ0) is 20.5. The van der Waals surface area contributed by atoms with Crippen molar-refractivity contribution in [3.63, 3.8) is 0 Å². The van der Waals surface area contributed by atoms with Crippen LogP contribution in [-0.2, 0) is 11.0 Å². The summed E-state index contributed by atoms with van der Waals surface area (Å²) in [6, 6.07) is 7.96. The van der Waals surface area contributed by atoms with E-state index >= 15 is 0 Å². The van der Waals surface area contributed by atoms with Gasteiger partial charge in [0.15, 0.2) is 0 Å². The van der Waals surface area contributed by atoms with Gasteiger partial charge in [0.1, 0.15) is 5.82 Å². The summed E-state index contributed by atoms with van der Waals surface area (Å²) in [4.78, 5) is 24.6. The lowest BCUT2D eigenvalue weighted by Crippen LogP contribution is -2.45. The number of anilines is 1. The Hall–Kier alpha value is -3.36. The highest BCUT2D eigenvalue weighted by molar-refractivity contribution is 6.06. The summed E-state index contributed by atoms with van der Waals surface area (Å²) in [7, 11) is 0. The molecule has 28 heavy (non-hydrogen) atoms. The van der Waals surface area contributed by atoms with Gasteiger partial charge in [-0.3, -0.25) is 4.79 Å². The van der Waals surface area contributed by atoms with Crippen LogP contribution in [0, 0.1) is 5.82 Å². The smallest absolute Gasteiger partial charge is 0.327 e. The molecule has 0 aliphatic carbocycles. The lowest BCUT2D eigenvalue weighted by Gasteiger charge is -2.28. The fourth-order valence-electron chi connectivity index (χ4n) is 2.87. The van der Waals surface area contributed by atoms with Gasteiger partial charge in [-0.15, -0.1) is 0 Å². The molecule has 3 N–H and O–H groups in total. The minimum absolute atomic E-state index is 0.0464. The van der Waals surface area contributed by atoms with Gasteiger partial charge in [-0.05, 0) is 42.8 Å². The standard InChI is InChI=1S/C19H15F4N3O2/c1-10-15(16(26-18(28)24-10)11-5-7-13(20)8-6-11)17(27)25-14-4-2-3-12(9-14)19(21,22)23/h2-9,16H,1H3,(H,25,27)(H2,24,26,28). The highest BCUT2D eigenvalue weighted by atomic mass is 19.4. The molecule has 0 spiro atoms. The molecule has 3 rings (SSSR count). The number of carbonyl (C=O) groups excluding carboxylic acids is 2. The van der Waals surface area contributed by atoms with Crippen molar-refractivity contribution in [2.75, 3.05) is 5.32 Å². The van der Waals surface area contributed by atoms with Crippen LogP contribution < -0.4 is 16.0 Å². The minimum Gasteiger partial charge on any atom is -0.327 e. The Morgan fingerprint density at radius 2 is 1.79 bits per heavy atom. The molecule has 1 aliphatic rings. The zero-order valence-corrected chi connectivity index (χ0v) is 14.5. The second-order valence-corrected chi connectivity index (χ2v) is 6.15. The summed E-state index contributed by atoms with van der Waals surface area (Å²) < 4.78 is 51.8. The normalized spacial score (nSPS) is 17.0. The van der Waals surface area contributed by atoms with E-state index in [0.29, 0.717) is 5.56 Å². The van der Waals surface area contributed by atoms with Crippen molar-refractivity contribution >= 4 is 17.6 Å². The molecule has 2 aromatic rings. The molecule has 0 aromatic heterocycles. The second-order valence-electron chi connectivity index (χ2n) is 6.15. The van der Waals surface area contributed by atoms with Crippen LogP contribution in [0.3, 0.4) is 0 Å². The molecule has 0 bridgehead atoms. The lowest BCUT2D eigenvalue weighted by molar-refractivity contribution is -0.137. The first-order valence-electron chi connectivity index (χ1n) is 8.17. The van der Waals surface area contributed by atoms with Crippen LogP contribution in [-0.4, -0.2) is 11.9 Å². The van der Waals surface area contributed by atoms with Crippen LogP contribution in [0.25, 0.3) is 0 Å². The molecule has 1 heterocycles.